The van der Waals surface area contributed by atoms with E-state index >= 15 is 0 Å². The number of piperazine rings is 1. The van der Waals surface area contributed by atoms with Crippen molar-refractivity contribution in [2.45, 2.75) is 38.1 Å². The second-order valence-corrected chi connectivity index (χ2v) is 8.98. The Morgan fingerprint density at radius 1 is 0.943 bits per heavy atom. The average Bonchev–Trinajstić information content (AvgIpc) is 2.89. The highest BCUT2D eigenvalue weighted by Crippen LogP contribution is 2.20. The summed E-state index contributed by atoms with van der Waals surface area (Å²) >= 11 is 0. The average molecular weight is 475 g/mol. The van der Waals surface area contributed by atoms with Crippen LogP contribution < -0.4 is 21.3 Å². The van der Waals surface area contributed by atoms with Crippen molar-refractivity contribution in [2.24, 2.45) is 0 Å². The first kappa shape index (κ1) is 23.0. The molecule has 10 heteroatoms. The highest BCUT2D eigenvalue weighted by molar-refractivity contribution is 5.94. The number of urea groups is 1. The van der Waals surface area contributed by atoms with Crippen molar-refractivity contribution in [1.82, 2.24) is 30.5 Å². The molecule has 0 radical (unpaired) electrons. The Labute approximate surface area is 203 Å². The van der Waals surface area contributed by atoms with Crippen LogP contribution in [-0.2, 0) is 0 Å². The van der Waals surface area contributed by atoms with Crippen LogP contribution in [0, 0.1) is 0 Å². The van der Waals surface area contributed by atoms with Crippen LogP contribution in [0.2, 0.25) is 0 Å². The molecule has 10 nitrogen and oxygen atoms in total. The third-order valence-corrected chi connectivity index (χ3v) is 6.42. The number of nitrogens with zero attached hydrogens (tertiary/aromatic N) is 4. The standard InChI is InChI=1S/C25H30N8O2/c34-23(33-14-12-26-13-15-33)17-6-9-20(10-7-17)28-24-27-16-18-8-11-21(30-22(18)32-24)31-25(35)29-19-4-2-1-3-5-19/h6-11,16,19,26H,1-5,12-15H2,(H3,27,28,29,30,31,32,35). The van der Waals surface area contributed by atoms with Gasteiger partial charge >= 0.3 is 6.03 Å². The highest BCUT2D eigenvalue weighted by atomic mass is 16.2. The normalized spacial score (nSPS) is 16.6. The Bertz CT molecular complexity index is 1190. The number of amides is 3. The number of aromatic nitrogens is 3. The van der Waals surface area contributed by atoms with E-state index in [4.69, 9.17) is 0 Å². The fourth-order valence-corrected chi connectivity index (χ4v) is 4.50. The number of pyridine rings is 1. The Kier molecular flexibility index (Phi) is 6.99. The van der Waals surface area contributed by atoms with Gasteiger partial charge in [0, 0.05) is 55.1 Å². The molecule has 4 N–H and O–H groups in total. The van der Waals surface area contributed by atoms with Gasteiger partial charge in [-0.15, -0.1) is 0 Å². The van der Waals surface area contributed by atoms with Crippen LogP contribution in [0.15, 0.2) is 42.6 Å². The molecule has 1 aliphatic carbocycles. The van der Waals surface area contributed by atoms with Gasteiger partial charge in [0.05, 0.1) is 0 Å². The number of carbonyl (C=O) groups excluding carboxylic acids is 2. The van der Waals surface area contributed by atoms with Gasteiger partial charge in [-0.05, 0) is 49.2 Å². The molecule has 3 heterocycles. The summed E-state index contributed by atoms with van der Waals surface area (Å²) in [5.41, 5.74) is 1.89. The maximum Gasteiger partial charge on any atom is 0.320 e. The summed E-state index contributed by atoms with van der Waals surface area (Å²) in [6.45, 7) is 3.08. The van der Waals surface area contributed by atoms with Gasteiger partial charge < -0.3 is 20.9 Å². The maximum atomic E-state index is 12.6. The molecule has 3 aromatic rings. The second kappa shape index (κ2) is 10.6. The molecule has 2 fully saturated rings. The first-order valence-electron chi connectivity index (χ1n) is 12.2. The monoisotopic (exact) mass is 474 g/mol. The number of anilines is 3. The lowest BCUT2D eigenvalue weighted by Crippen LogP contribution is -2.46. The Morgan fingerprint density at radius 2 is 1.71 bits per heavy atom. The largest absolute Gasteiger partial charge is 0.336 e. The molecule has 0 atom stereocenters. The van der Waals surface area contributed by atoms with Gasteiger partial charge in [-0.3, -0.25) is 10.1 Å². The summed E-state index contributed by atoms with van der Waals surface area (Å²) in [6, 6.07) is 10.8. The fourth-order valence-electron chi connectivity index (χ4n) is 4.50. The van der Waals surface area contributed by atoms with E-state index in [1.54, 1.807) is 24.4 Å². The number of rotatable bonds is 5. The van der Waals surface area contributed by atoms with E-state index in [-0.39, 0.29) is 18.0 Å². The SMILES string of the molecule is O=C(Nc1ccc2cnc(Nc3ccc(C(=O)N4CCNCC4)cc3)nc2n1)NC1CCCCC1. The second-order valence-electron chi connectivity index (χ2n) is 8.98. The van der Waals surface area contributed by atoms with Crippen LogP contribution in [0.1, 0.15) is 42.5 Å². The molecule has 0 spiro atoms. The molecule has 182 valence electrons. The fraction of sp³-hybridized carbons (Fsp3) is 0.400. The lowest BCUT2D eigenvalue weighted by atomic mass is 9.96. The summed E-state index contributed by atoms with van der Waals surface area (Å²) in [5.74, 6) is 0.859. The zero-order valence-electron chi connectivity index (χ0n) is 19.6. The molecule has 3 amide bonds. The van der Waals surface area contributed by atoms with Crippen molar-refractivity contribution in [3.8, 4) is 0 Å². The van der Waals surface area contributed by atoms with E-state index < -0.39 is 0 Å². The molecular weight excluding hydrogens is 444 g/mol. The van der Waals surface area contributed by atoms with Crippen molar-refractivity contribution in [1.29, 1.82) is 0 Å². The molecule has 0 unspecified atom stereocenters. The molecule has 1 aliphatic heterocycles. The summed E-state index contributed by atoms with van der Waals surface area (Å²) in [6.07, 6.45) is 7.27. The number of hydrogen-bond donors (Lipinski definition) is 4. The molecule has 2 aromatic heterocycles. The first-order valence-corrected chi connectivity index (χ1v) is 12.2. The Morgan fingerprint density at radius 3 is 2.49 bits per heavy atom. The first-order chi connectivity index (χ1) is 17.1. The van der Waals surface area contributed by atoms with Crippen molar-refractivity contribution < 1.29 is 9.59 Å². The summed E-state index contributed by atoms with van der Waals surface area (Å²) in [7, 11) is 0. The molecule has 2 aliphatic rings. The van der Waals surface area contributed by atoms with E-state index in [2.05, 4.69) is 36.2 Å². The van der Waals surface area contributed by atoms with Gasteiger partial charge in [-0.1, -0.05) is 19.3 Å². The number of hydrogen-bond acceptors (Lipinski definition) is 7. The Hall–Kier alpha value is -3.79. The van der Waals surface area contributed by atoms with E-state index in [1.165, 1.54) is 6.42 Å². The minimum atomic E-state index is -0.244. The van der Waals surface area contributed by atoms with Gasteiger partial charge in [0.2, 0.25) is 5.95 Å². The minimum absolute atomic E-state index is 0.0387. The summed E-state index contributed by atoms with van der Waals surface area (Å²) < 4.78 is 0. The lowest BCUT2D eigenvalue weighted by Gasteiger charge is -2.27. The van der Waals surface area contributed by atoms with E-state index in [9.17, 15) is 9.59 Å². The number of benzene rings is 1. The van der Waals surface area contributed by atoms with Crippen LogP contribution in [-0.4, -0.2) is 64.0 Å². The predicted molar refractivity (Wildman–Crippen MR) is 135 cm³/mol. The molecular formula is C25H30N8O2. The van der Waals surface area contributed by atoms with Gasteiger partial charge in [0.1, 0.15) is 5.82 Å². The third kappa shape index (κ3) is 5.83. The predicted octanol–water partition coefficient (Wildman–Crippen LogP) is 3.27. The number of nitrogens with one attached hydrogen (secondary N) is 4. The van der Waals surface area contributed by atoms with Gasteiger partial charge in [-0.25, -0.2) is 14.8 Å². The molecule has 0 bridgehead atoms. The zero-order valence-corrected chi connectivity index (χ0v) is 19.6. The number of carbonyl (C=O) groups is 2. The highest BCUT2D eigenvalue weighted by Gasteiger charge is 2.18. The number of fused-ring (bicyclic) bond motifs is 1. The molecule has 1 aromatic carbocycles. The van der Waals surface area contributed by atoms with Crippen LogP contribution in [0.4, 0.5) is 22.2 Å². The van der Waals surface area contributed by atoms with E-state index in [1.807, 2.05) is 23.1 Å². The minimum Gasteiger partial charge on any atom is -0.336 e. The van der Waals surface area contributed by atoms with Crippen molar-refractivity contribution in [3.63, 3.8) is 0 Å². The van der Waals surface area contributed by atoms with Gasteiger partial charge in [0.15, 0.2) is 5.65 Å². The van der Waals surface area contributed by atoms with Crippen LogP contribution in [0.5, 0.6) is 0 Å². The smallest absolute Gasteiger partial charge is 0.320 e. The van der Waals surface area contributed by atoms with Crippen LogP contribution >= 0.6 is 0 Å². The lowest BCUT2D eigenvalue weighted by molar-refractivity contribution is 0.0736. The maximum absolute atomic E-state index is 12.6. The third-order valence-electron chi connectivity index (χ3n) is 6.42. The topological polar surface area (TPSA) is 124 Å². The van der Waals surface area contributed by atoms with E-state index in [0.717, 1.165) is 62.9 Å². The zero-order chi connectivity index (χ0) is 24.0. The van der Waals surface area contributed by atoms with Crippen LogP contribution in [0.3, 0.4) is 0 Å². The Balaban J connectivity index is 1.23. The molecule has 5 rings (SSSR count). The van der Waals surface area contributed by atoms with Crippen LogP contribution in [0.25, 0.3) is 11.0 Å². The molecule has 1 saturated heterocycles. The summed E-state index contributed by atoms with van der Waals surface area (Å²) in [4.78, 5) is 40.2. The summed E-state index contributed by atoms with van der Waals surface area (Å²) in [5, 5.41) is 13.0. The van der Waals surface area contributed by atoms with E-state index in [0.29, 0.717) is 23.0 Å². The van der Waals surface area contributed by atoms with Crippen molar-refractivity contribution in [3.05, 3.63) is 48.2 Å². The van der Waals surface area contributed by atoms with Gasteiger partial charge in [-0.2, -0.15) is 4.98 Å². The van der Waals surface area contributed by atoms with Crippen molar-refractivity contribution in [2.75, 3.05) is 36.8 Å². The molecule has 1 saturated carbocycles. The molecule has 35 heavy (non-hydrogen) atoms. The van der Waals surface area contributed by atoms with Crippen molar-refractivity contribution >= 4 is 40.4 Å². The quantitative estimate of drug-likeness (QED) is 0.447. The van der Waals surface area contributed by atoms with Gasteiger partial charge in [0.25, 0.3) is 5.91 Å².